The summed E-state index contributed by atoms with van der Waals surface area (Å²) in [5.41, 5.74) is 0.0335. The zero-order valence-corrected chi connectivity index (χ0v) is 11.7. The van der Waals surface area contributed by atoms with Gasteiger partial charge >= 0.3 is 0 Å². The Hall–Kier alpha value is -1.27. The Morgan fingerprint density at radius 2 is 2.06 bits per heavy atom. The van der Waals surface area contributed by atoms with Crippen LogP contribution in [0.25, 0.3) is 0 Å². The van der Waals surface area contributed by atoms with Crippen molar-refractivity contribution in [2.45, 2.75) is 6.92 Å². The molecule has 6 heteroatoms. The summed E-state index contributed by atoms with van der Waals surface area (Å²) in [4.78, 5) is 12.2. The van der Waals surface area contributed by atoms with Gasteiger partial charge in [0.25, 0.3) is 5.91 Å². The van der Waals surface area contributed by atoms with Crippen LogP contribution in [0.4, 0.5) is 14.5 Å². The molecule has 0 atom stereocenters. The number of carbonyl (C=O) groups excluding carboxylic acids is 1. The second kappa shape index (κ2) is 5.16. The smallest absolute Gasteiger partial charge is 0.266 e. The third kappa shape index (κ3) is 2.59. The largest absolute Gasteiger partial charge is 0.319 e. The lowest BCUT2D eigenvalue weighted by atomic mass is 10.2. The summed E-state index contributed by atoms with van der Waals surface area (Å²) < 4.78 is 27.5. The Morgan fingerprint density at radius 3 is 2.67 bits per heavy atom. The second-order valence-corrected chi connectivity index (χ2v) is 5.40. The molecule has 0 saturated carbocycles. The number of carbonyl (C=O) groups is 1. The fourth-order valence-electron chi connectivity index (χ4n) is 1.38. The van der Waals surface area contributed by atoms with Crippen LogP contribution < -0.4 is 5.32 Å². The number of amides is 1. The quantitative estimate of drug-likeness (QED) is 0.870. The summed E-state index contributed by atoms with van der Waals surface area (Å²) in [6.45, 7) is 1.46. The lowest BCUT2D eigenvalue weighted by Gasteiger charge is -2.07. The summed E-state index contributed by atoms with van der Waals surface area (Å²) in [5.74, 6) is -1.69. The number of rotatable bonds is 2. The van der Waals surface area contributed by atoms with Crippen LogP contribution in [-0.2, 0) is 0 Å². The maximum atomic E-state index is 13.5. The van der Waals surface area contributed by atoms with Gasteiger partial charge in [0, 0.05) is 10.5 Å². The predicted molar refractivity (Wildman–Crippen MR) is 71.1 cm³/mol. The van der Waals surface area contributed by atoms with Crippen LogP contribution in [0, 0.1) is 18.6 Å². The van der Waals surface area contributed by atoms with E-state index in [0.29, 0.717) is 9.35 Å². The Labute approximate surface area is 115 Å². The fourth-order valence-corrected chi connectivity index (χ4v) is 2.82. The van der Waals surface area contributed by atoms with E-state index in [1.54, 1.807) is 11.4 Å². The first-order valence-electron chi connectivity index (χ1n) is 4.99. The zero-order chi connectivity index (χ0) is 13.3. The van der Waals surface area contributed by atoms with Crippen LogP contribution in [0.2, 0.25) is 0 Å². The van der Waals surface area contributed by atoms with Crippen molar-refractivity contribution >= 4 is 38.9 Å². The van der Waals surface area contributed by atoms with Crippen LogP contribution >= 0.6 is 27.3 Å². The number of halogens is 3. The number of aryl methyl sites for hydroxylation is 1. The number of hydrogen-bond donors (Lipinski definition) is 1. The topological polar surface area (TPSA) is 29.1 Å². The molecule has 1 aromatic carbocycles. The van der Waals surface area contributed by atoms with Gasteiger partial charge < -0.3 is 5.32 Å². The van der Waals surface area contributed by atoms with Crippen LogP contribution in [0.1, 0.15) is 15.2 Å². The van der Waals surface area contributed by atoms with Gasteiger partial charge in [0.2, 0.25) is 0 Å². The molecule has 1 heterocycles. The Balaban J connectivity index is 2.28. The van der Waals surface area contributed by atoms with Crippen molar-refractivity contribution in [3.63, 3.8) is 0 Å². The van der Waals surface area contributed by atoms with Gasteiger partial charge in [-0.25, -0.2) is 8.78 Å². The van der Waals surface area contributed by atoms with Crippen LogP contribution in [0.5, 0.6) is 0 Å². The Morgan fingerprint density at radius 1 is 1.33 bits per heavy atom. The Bertz CT molecular complexity index is 612. The summed E-state index contributed by atoms with van der Waals surface area (Å²) in [7, 11) is 0. The molecule has 2 aromatic rings. The van der Waals surface area contributed by atoms with Crippen molar-refractivity contribution in [3.05, 3.63) is 50.1 Å². The molecule has 2 nitrogen and oxygen atoms in total. The third-order valence-electron chi connectivity index (χ3n) is 2.32. The van der Waals surface area contributed by atoms with Gasteiger partial charge in [-0.05, 0) is 45.9 Å². The molecule has 0 bridgehead atoms. The summed E-state index contributed by atoms with van der Waals surface area (Å²) >= 11 is 4.42. The molecule has 0 saturated heterocycles. The zero-order valence-electron chi connectivity index (χ0n) is 9.26. The number of anilines is 1. The lowest BCUT2D eigenvalue weighted by Crippen LogP contribution is -2.12. The van der Waals surface area contributed by atoms with E-state index in [4.69, 9.17) is 0 Å². The summed E-state index contributed by atoms with van der Waals surface area (Å²) in [6, 6.07) is 3.74. The number of nitrogens with one attached hydrogen (secondary N) is 1. The SMILES string of the molecule is Cc1cc(F)c(NC(=O)c2sccc2Br)cc1F. The van der Waals surface area contributed by atoms with Gasteiger partial charge in [-0.3, -0.25) is 4.79 Å². The first kappa shape index (κ1) is 13.2. The summed E-state index contributed by atoms with van der Waals surface area (Å²) in [6.07, 6.45) is 0. The molecule has 1 amide bonds. The molecule has 18 heavy (non-hydrogen) atoms. The van der Waals surface area contributed by atoms with Crippen LogP contribution in [0.3, 0.4) is 0 Å². The van der Waals surface area contributed by atoms with E-state index in [1.165, 1.54) is 18.3 Å². The van der Waals surface area contributed by atoms with Crippen molar-refractivity contribution in [2.75, 3.05) is 5.32 Å². The van der Waals surface area contributed by atoms with E-state index in [-0.39, 0.29) is 11.3 Å². The Kier molecular flexibility index (Phi) is 3.77. The molecule has 2 rings (SSSR count). The average molecular weight is 332 g/mol. The number of thiophene rings is 1. The van der Waals surface area contributed by atoms with Gasteiger partial charge in [0.15, 0.2) is 0 Å². The molecule has 0 aliphatic rings. The maximum Gasteiger partial charge on any atom is 0.266 e. The fraction of sp³-hybridized carbons (Fsp3) is 0.0833. The number of hydrogen-bond acceptors (Lipinski definition) is 2. The van der Waals surface area contributed by atoms with Crippen molar-refractivity contribution in [3.8, 4) is 0 Å². The van der Waals surface area contributed by atoms with E-state index < -0.39 is 17.5 Å². The van der Waals surface area contributed by atoms with Crippen molar-refractivity contribution in [2.24, 2.45) is 0 Å². The predicted octanol–water partition coefficient (Wildman–Crippen LogP) is 4.35. The highest BCUT2D eigenvalue weighted by Crippen LogP contribution is 2.25. The van der Waals surface area contributed by atoms with Gasteiger partial charge in [0.1, 0.15) is 16.5 Å². The molecule has 0 unspecified atom stereocenters. The molecule has 0 aliphatic heterocycles. The molecule has 0 aliphatic carbocycles. The molecule has 0 fully saturated rings. The van der Waals surface area contributed by atoms with E-state index in [1.807, 2.05) is 0 Å². The molecule has 0 radical (unpaired) electrons. The highest BCUT2D eigenvalue weighted by molar-refractivity contribution is 9.10. The monoisotopic (exact) mass is 331 g/mol. The molecular weight excluding hydrogens is 324 g/mol. The van der Waals surface area contributed by atoms with Gasteiger partial charge in [-0.15, -0.1) is 11.3 Å². The molecule has 94 valence electrons. The van der Waals surface area contributed by atoms with Crippen molar-refractivity contribution < 1.29 is 13.6 Å². The maximum absolute atomic E-state index is 13.5. The van der Waals surface area contributed by atoms with Crippen molar-refractivity contribution in [1.82, 2.24) is 0 Å². The molecule has 0 spiro atoms. The third-order valence-corrected chi connectivity index (χ3v) is 4.16. The van der Waals surface area contributed by atoms with Crippen LogP contribution in [-0.4, -0.2) is 5.91 Å². The normalized spacial score (nSPS) is 10.4. The van der Waals surface area contributed by atoms with E-state index in [2.05, 4.69) is 21.2 Å². The highest BCUT2D eigenvalue weighted by Gasteiger charge is 2.15. The average Bonchev–Trinajstić information content (AvgIpc) is 2.72. The van der Waals surface area contributed by atoms with Crippen LogP contribution in [0.15, 0.2) is 28.1 Å². The van der Waals surface area contributed by atoms with Gasteiger partial charge in [-0.2, -0.15) is 0 Å². The van der Waals surface area contributed by atoms with Gasteiger partial charge in [-0.1, -0.05) is 0 Å². The molecule has 1 aromatic heterocycles. The minimum Gasteiger partial charge on any atom is -0.319 e. The van der Waals surface area contributed by atoms with E-state index in [9.17, 15) is 13.6 Å². The molecule has 1 N–H and O–H groups in total. The number of benzene rings is 1. The first-order valence-corrected chi connectivity index (χ1v) is 6.66. The lowest BCUT2D eigenvalue weighted by molar-refractivity contribution is 0.102. The minimum absolute atomic E-state index is 0.164. The minimum atomic E-state index is -0.657. The standard InChI is InChI=1S/C12H8BrF2NOS/c1-6-4-9(15)10(5-8(6)14)16-12(17)11-7(13)2-3-18-11/h2-5H,1H3,(H,16,17). The van der Waals surface area contributed by atoms with E-state index in [0.717, 1.165) is 12.1 Å². The molecular formula is C12H8BrF2NOS. The first-order chi connectivity index (χ1) is 8.49. The van der Waals surface area contributed by atoms with Gasteiger partial charge in [0.05, 0.1) is 5.69 Å². The second-order valence-electron chi connectivity index (χ2n) is 3.63. The highest BCUT2D eigenvalue weighted by atomic mass is 79.9. The summed E-state index contributed by atoms with van der Waals surface area (Å²) in [5, 5.41) is 4.08. The van der Waals surface area contributed by atoms with Crippen molar-refractivity contribution in [1.29, 1.82) is 0 Å². The van der Waals surface area contributed by atoms with E-state index >= 15 is 0 Å².